The lowest BCUT2D eigenvalue weighted by Crippen LogP contribution is -2.21. The van der Waals surface area contributed by atoms with Crippen molar-refractivity contribution in [2.75, 3.05) is 11.6 Å². The number of hydrogen-bond donors (Lipinski definition) is 3. The van der Waals surface area contributed by atoms with Crippen LogP contribution in [0.15, 0.2) is 42.6 Å². The Bertz CT molecular complexity index is 1180. The summed E-state index contributed by atoms with van der Waals surface area (Å²) in [5.41, 5.74) is 7.16. The summed E-state index contributed by atoms with van der Waals surface area (Å²) in [4.78, 5) is 20.5. The molecule has 0 saturated carbocycles. The lowest BCUT2D eigenvalue weighted by Gasteiger charge is -2.16. The van der Waals surface area contributed by atoms with Crippen LogP contribution in [-0.2, 0) is 22.0 Å². The second kappa shape index (κ2) is 8.74. The molecule has 3 aromatic rings. The number of carbonyl (C=O) groups excluding carboxylic acids is 1. The maximum absolute atomic E-state index is 11.9. The number of nitrogens with zero attached hydrogens (tertiary/aromatic N) is 2. The number of amides is 1. The van der Waals surface area contributed by atoms with E-state index in [4.69, 9.17) is 5.73 Å². The summed E-state index contributed by atoms with van der Waals surface area (Å²) in [6, 6.07) is 10.9. The Morgan fingerprint density at radius 1 is 1.16 bits per heavy atom. The average Bonchev–Trinajstić information content (AvgIpc) is 3.05. The highest BCUT2D eigenvalue weighted by atomic mass is 32.2. The van der Waals surface area contributed by atoms with Crippen LogP contribution in [0.3, 0.4) is 0 Å². The fraction of sp³-hybridized carbons (Fsp3) is 0.286. The third-order valence-electron chi connectivity index (χ3n) is 4.19. The molecule has 2 heterocycles. The largest absolute Gasteiger partial charge is 0.390 e. The number of carbonyl (C=O) groups is 1. The van der Waals surface area contributed by atoms with E-state index >= 15 is 0 Å². The number of hydrogen-bond acceptors (Lipinski definition) is 8. The van der Waals surface area contributed by atoms with E-state index < -0.39 is 21.3 Å². The van der Waals surface area contributed by atoms with Gasteiger partial charge in [-0.25, -0.2) is 18.4 Å². The first-order valence-corrected chi connectivity index (χ1v) is 12.3. The molecule has 0 fully saturated rings. The highest BCUT2D eigenvalue weighted by Crippen LogP contribution is 2.34. The van der Waals surface area contributed by atoms with Gasteiger partial charge in [0.15, 0.2) is 15.5 Å². The molecule has 0 unspecified atom stereocenters. The van der Waals surface area contributed by atoms with Crippen LogP contribution in [-0.4, -0.2) is 41.3 Å². The summed E-state index contributed by atoms with van der Waals surface area (Å²) in [6.07, 6.45) is 3.15. The van der Waals surface area contributed by atoms with Gasteiger partial charge in [0.05, 0.1) is 11.4 Å². The quantitative estimate of drug-likeness (QED) is 0.470. The molecule has 4 N–H and O–H groups in total. The van der Waals surface area contributed by atoms with Crippen molar-refractivity contribution < 1.29 is 18.3 Å². The van der Waals surface area contributed by atoms with Crippen molar-refractivity contribution in [1.29, 1.82) is 0 Å². The van der Waals surface area contributed by atoms with E-state index in [2.05, 4.69) is 15.3 Å². The molecule has 0 spiro atoms. The zero-order chi connectivity index (χ0) is 22.8. The number of sulfone groups is 1. The summed E-state index contributed by atoms with van der Waals surface area (Å²) in [7, 11) is -3.15. The van der Waals surface area contributed by atoms with E-state index in [-0.39, 0.29) is 11.4 Å². The summed E-state index contributed by atoms with van der Waals surface area (Å²) >= 11 is 1.26. The second-order valence-electron chi connectivity index (χ2n) is 7.99. The van der Waals surface area contributed by atoms with Gasteiger partial charge in [-0.1, -0.05) is 41.7 Å². The maximum Gasteiger partial charge on any atom is 0.270 e. The summed E-state index contributed by atoms with van der Waals surface area (Å²) in [5.74, 6) is -0.325. The highest BCUT2D eigenvalue weighted by molar-refractivity contribution is 7.89. The predicted octanol–water partition coefficient (Wildman–Crippen LogP) is 2.91. The van der Waals surface area contributed by atoms with Gasteiger partial charge in [0.25, 0.3) is 5.91 Å². The number of aliphatic hydroxyl groups is 1. The summed E-state index contributed by atoms with van der Waals surface area (Å²) in [5, 5.41) is 14.1. The molecular weight excluding hydrogens is 436 g/mol. The molecule has 0 aliphatic rings. The lowest BCUT2D eigenvalue weighted by molar-refractivity contribution is 0.0810. The molecule has 8 nitrogen and oxygen atoms in total. The number of anilines is 2. The first kappa shape index (κ1) is 22.9. The van der Waals surface area contributed by atoms with Gasteiger partial charge in [-0.3, -0.25) is 4.79 Å². The monoisotopic (exact) mass is 460 g/mol. The first-order valence-electron chi connectivity index (χ1n) is 9.42. The third kappa shape index (κ3) is 6.58. The van der Waals surface area contributed by atoms with E-state index in [1.807, 2.05) is 24.3 Å². The lowest BCUT2D eigenvalue weighted by atomic mass is 9.98. The molecule has 0 bridgehead atoms. The van der Waals surface area contributed by atoms with E-state index in [0.29, 0.717) is 27.8 Å². The van der Waals surface area contributed by atoms with Crippen LogP contribution in [0.1, 0.15) is 35.5 Å². The topological polar surface area (TPSA) is 135 Å². The van der Waals surface area contributed by atoms with Crippen LogP contribution in [0.25, 0.3) is 10.6 Å². The van der Waals surface area contributed by atoms with Gasteiger partial charge >= 0.3 is 0 Å². The second-order valence-corrected chi connectivity index (χ2v) is 11.1. The standard InChI is InChI=1S/C21H24N4O4S2/c1-21(2,27)10-13-4-7-15(8-5-13)19-25-17(18(22)26)20(30-19)24-16-9-6-14(11-23-16)12-31(3,28)29/h4-9,11,27H,10,12H2,1-3H3,(H2,22,26)(H,23,24). The highest BCUT2D eigenvalue weighted by Gasteiger charge is 2.18. The van der Waals surface area contributed by atoms with Crippen molar-refractivity contribution in [2.24, 2.45) is 5.73 Å². The molecule has 0 atom stereocenters. The fourth-order valence-electron chi connectivity index (χ4n) is 2.96. The van der Waals surface area contributed by atoms with E-state index in [0.717, 1.165) is 17.4 Å². The predicted molar refractivity (Wildman–Crippen MR) is 122 cm³/mol. The smallest absolute Gasteiger partial charge is 0.270 e. The zero-order valence-electron chi connectivity index (χ0n) is 17.4. The Hall–Kier alpha value is -2.82. The van der Waals surface area contributed by atoms with Crippen molar-refractivity contribution in [2.45, 2.75) is 31.6 Å². The molecule has 0 radical (unpaired) electrons. The summed E-state index contributed by atoms with van der Waals surface area (Å²) < 4.78 is 22.8. The van der Waals surface area contributed by atoms with E-state index in [1.54, 1.807) is 26.0 Å². The van der Waals surface area contributed by atoms with Gasteiger partial charge in [0.2, 0.25) is 0 Å². The van der Waals surface area contributed by atoms with Crippen LogP contribution in [0.4, 0.5) is 10.8 Å². The minimum Gasteiger partial charge on any atom is -0.390 e. The zero-order valence-corrected chi connectivity index (χ0v) is 19.0. The maximum atomic E-state index is 11.9. The number of nitrogens with one attached hydrogen (secondary N) is 1. The Kier molecular flexibility index (Phi) is 6.44. The van der Waals surface area contributed by atoms with Crippen molar-refractivity contribution in [3.63, 3.8) is 0 Å². The number of nitrogens with two attached hydrogens (primary N) is 1. The number of thiazole rings is 1. The molecule has 31 heavy (non-hydrogen) atoms. The third-order valence-corrected chi connectivity index (χ3v) is 6.07. The fourth-order valence-corrected chi connectivity index (χ4v) is 4.72. The summed E-state index contributed by atoms with van der Waals surface area (Å²) in [6.45, 7) is 3.50. The van der Waals surface area contributed by atoms with Crippen LogP contribution < -0.4 is 11.1 Å². The molecule has 0 aliphatic carbocycles. The first-order chi connectivity index (χ1) is 14.4. The Morgan fingerprint density at radius 2 is 1.81 bits per heavy atom. The minimum atomic E-state index is -3.15. The van der Waals surface area contributed by atoms with Gasteiger partial charge in [-0.05, 0) is 31.0 Å². The molecule has 1 aromatic carbocycles. The Balaban J connectivity index is 1.83. The van der Waals surface area contributed by atoms with Gasteiger partial charge in [-0.15, -0.1) is 0 Å². The number of aromatic nitrogens is 2. The number of pyridine rings is 1. The van der Waals surface area contributed by atoms with Gasteiger partial charge < -0.3 is 16.2 Å². The van der Waals surface area contributed by atoms with Gasteiger partial charge in [0.1, 0.15) is 15.8 Å². The van der Waals surface area contributed by atoms with Crippen molar-refractivity contribution >= 4 is 37.9 Å². The molecular formula is C21H24N4O4S2. The Morgan fingerprint density at radius 3 is 2.32 bits per heavy atom. The number of benzene rings is 1. The van der Waals surface area contributed by atoms with Crippen LogP contribution >= 0.6 is 11.3 Å². The molecule has 2 aromatic heterocycles. The van der Waals surface area contributed by atoms with Gasteiger partial charge in [-0.2, -0.15) is 0 Å². The molecule has 0 saturated heterocycles. The number of rotatable bonds is 8. The van der Waals surface area contributed by atoms with Crippen LogP contribution in [0.5, 0.6) is 0 Å². The molecule has 10 heteroatoms. The van der Waals surface area contributed by atoms with Gasteiger partial charge in [0, 0.05) is 24.4 Å². The molecule has 3 rings (SSSR count). The van der Waals surface area contributed by atoms with Crippen molar-refractivity contribution in [3.05, 3.63) is 59.4 Å². The molecule has 1 amide bonds. The molecule has 164 valence electrons. The Labute approximate surface area is 185 Å². The minimum absolute atomic E-state index is 0.0962. The number of primary amides is 1. The van der Waals surface area contributed by atoms with Crippen LogP contribution in [0.2, 0.25) is 0 Å². The van der Waals surface area contributed by atoms with E-state index in [9.17, 15) is 18.3 Å². The normalized spacial score (nSPS) is 12.0. The van der Waals surface area contributed by atoms with E-state index in [1.165, 1.54) is 17.5 Å². The van der Waals surface area contributed by atoms with Crippen molar-refractivity contribution in [3.8, 4) is 10.6 Å². The average molecular weight is 461 g/mol. The molecule has 0 aliphatic heterocycles. The van der Waals surface area contributed by atoms with Crippen LogP contribution in [0, 0.1) is 0 Å². The SMILES string of the molecule is CC(C)(O)Cc1ccc(-c2nc(C(N)=O)c(Nc3ccc(CS(C)(=O)=O)cn3)s2)cc1. The van der Waals surface area contributed by atoms with Crippen molar-refractivity contribution in [1.82, 2.24) is 9.97 Å².